The number of aromatic nitrogens is 2. The van der Waals surface area contributed by atoms with E-state index in [1.807, 2.05) is 30.3 Å². The predicted octanol–water partition coefficient (Wildman–Crippen LogP) is 2.36. The maximum Gasteiger partial charge on any atom is 0.325 e. The maximum atomic E-state index is 12.8. The van der Waals surface area contributed by atoms with Gasteiger partial charge in [0.15, 0.2) is 0 Å². The number of urea groups is 1. The van der Waals surface area contributed by atoms with E-state index in [1.54, 1.807) is 4.90 Å². The Labute approximate surface area is 170 Å². The molecule has 3 amide bonds. The molecule has 0 unspecified atom stereocenters. The van der Waals surface area contributed by atoms with E-state index >= 15 is 0 Å². The molecule has 1 N–H and O–H groups in total. The fourth-order valence-corrected chi connectivity index (χ4v) is 4.91. The number of anilines is 1. The highest BCUT2D eigenvalue weighted by Gasteiger charge is 2.54. The molecular weight excluding hydrogens is 366 g/mol. The maximum absolute atomic E-state index is 12.8. The van der Waals surface area contributed by atoms with Gasteiger partial charge in [0.1, 0.15) is 5.54 Å². The Hall–Kier alpha value is -2.96. The van der Waals surface area contributed by atoms with E-state index < -0.39 is 5.54 Å². The number of nitrogens with zero attached hydrogens (tertiary/aromatic N) is 4. The van der Waals surface area contributed by atoms with Crippen LogP contribution in [0.15, 0.2) is 30.3 Å². The second-order valence-electron chi connectivity index (χ2n) is 8.24. The summed E-state index contributed by atoms with van der Waals surface area (Å²) in [6, 6.07) is 9.53. The van der Waals surface area contributed by atoms with E-state index in [4.69, 9.17) is 9.97 Å². The summed E-state index contributed by atoms with van der Waals surface area (Å²) in [6.45, 7) is 3.81. The van der Waals surface area contributed by atoms with Gasteiger partial charge in [-0.2, -0.15) is 0 Å². The lowest BCUT2D eigenvalue weighted by molar-refractivity contribution is -0.127. The third-order valence-corrected chi connectivity index (χ3v) is 6.59. The number of amides is 3. The standard InChI is InChI=1S/C22H25N5O2/c1-15-17-8-5-9-18(17)24-20(23-15)26-12-10-22(11-13-26)19(28)25-21(29)27(22)14-16-6-3-2-4-7-16/h2-4,6-7H,5,8-14H2,1H3,(H,25,28,29). The number of hydrogen-bond donors (Lipinski definition) is 1. The van der Waals surface area contributed by atoms with Crippen LogP contribution in [0.4, 0.5) is 10.7 Å². The Kier molecular flexibility index (Phi) is 4.26. The Bertz CT molecular complexity index is 967. The molecule has 7 heteroatoms. The Morgan fingerprint density at radius 3 is 2.59 bits per heavy atom. The van der Waals surface area contributed by atoms with Gasteiger partial charge in [-0.05, 0) is 50.2 Å². The van der Waals surface area contributed by atoms with Crippen molar-refractivity contribution >= 4 is 17.9 Å². The first-order valence-electron chi connectivity index (χ1n) is 10.4. The van der Waals surface area contributed by atoms with Crippen LogP contribution in [0.5, 0.6) is 0 Å². The van der Waals surface area contributed by atoms with Crippen LogP contribution in [0.3, 0.4) is 0 Å². The van der Waals surface area contributed by atoms with Crippen molar-refractivity contribution in [3.63, 3.8) is 0 Å². The van der Waals surface area contributed by atoms with Gasteiger partial charge >= 0.3 is 6.03 Å². The summed E-state index contributed by atoms with van der Waals surface area (Å²) in [5.41, 5.74) is 3.79. The van der Waals surface area contributed by atoms with Crippen LogP contribution in [0, 0.1) is 6.92 Å². The van der Waals surface area contributed by atoms with E-state index in [2.05, 4.69) is 17.1 Å². The highest BCUT2D eigenvalue weighted by Crippen LogP contribution is 2.36. The smallest absolute Gasteiger partial charge is 0.325 e. The first-order chi connectivity index (χ1) is 14.1. The lowest BCUT2D eigenvalue weighted by atomic mass is 9.86. The van der Waals surface area contributed by atoms with E-state index in [-0.39, 0.29) is 11.9 Å². The minimum Gasteiger partial charge on any atom is -0.341 e. The van der Waals surface area contributed by atoms with E-state index in [0.717, 1.165) is 36.5 Å². The molecule has 2 fully saturated rings. The average Bonchev–Trinajstić information content (AvgIpc) is 3.29. The highest BCUT2D eigenvalue weighted by molar-refractivity contribution is 6.07. The molecule has 5 rings (SSSR count). The number of benzene rings is 1. The normalized spacial score (nSPS) is 20.3. The number of rotatable bonds is 3. The molecule has 1 aliphatic carbocycles. The summed E-state index contributed by atoms with van der Waals surface area (Å²) in [5.74, 6) is 0.585. The molecule has 2 aliphatic heterocycles. The van der Waals surface area contributed by atoms with Crippen molar-refractivity contribution in [3.05, 3.63) is 52.8 Å². The molecular formula is C22H25N5O2. The van der Waals surface area contributed by atoms with Gasteiger partial charge in [-0.15, -0.1) is 0 Å². The van der Waals surface area contributed by atoms with Crippen LogP contribution in [0.1, 0.15) is 41.8 Å². The van der Waals surface area contributed by atoms with Crippen LogP contribution < -0.4 is 10.2 Å². The molecule has 2 aromatic rings. The molecule has 3 aliphatic rings. The first-order valence-corrected chi connectivity index (χ1v) is 10.4. The summed E-state index contributed by atoms with van der Waals surface area (Å²) < 4.78 is 0. The second-order valence-corrected chi connectivity index (χ2v) is 8.24. The molecule has 0 radical (unpaired) electrons. The molecule has 3 heterocycles. The van der Waals surface area contributed by atoms with Gasteiger partial charge in [0.05, 0.1) is 0 Å². The van der Waals surface area contributed by atoms with Crippen molar-refractivity contribution in [3.8, 4) is 0 Å². The van der Waals surface area contributed by atoms with E-state index in [1.165, 1.54) is 11.3 Å². The number of carbonyl (C=O) groups is 2. The molecule has 2 saturated heterocycles. The Morgan fingerprint density at radius 1 is 1.07 bits per heavy atom. The van der Waals surface area contributed by atoms with Crippen LogP contribution >= 0.6 is 0 Å². The summed E-state index contributed by atoms with van der Waals surface area (Å²) in [6.07, 6.45) is 4.40. The van der Waals surface area contributed by atoms with Gasteiger partial charge in [0.2, 0.25) is 5.95 Å². The Balaban J connectivity index is 1.37. The molecule has 0 saturated carbocycles. The van der Waals surface area contributed by atoms with Crippen LogP contribution in [0.25, 0.3) is 0 Å². The Morgan fingerprint density at radius 2 is 1.83 bits per heavy atom. The van der Waals surface area contributed by atoms with Crippen molar-refractivity contribution in [2.75, 3.05) is 18.0 Å². The average molecular weight is 391 g/mol. The van der Waals surface area contributed by atoms with Crippen molar-refractivity contribution in [1.29, 1.82) is 0 Å². The van der Waals surface area contributed by atoms with E-state index in [9.17, 15) is 9.59 Å². The fraction of sp³-hybridized carbons (Fsp3) is 0.455. The van der Waals surface area contributed by atoms with Gasteiger partial charge in [0.25, 0.3) is 5.91 Å². The third kappa shape index (κ3) is 2.96. The molecule has 1 spiro atoms. The molecule has 7 nitrogen and oxygen atoms in total. The van der Waals surface area contributed by atoms with Gasteiger partial charge in [-0.25, -0.2) is 14.8 Å². The number of fused-ring (bicyclic) bond motifs is 1. The lowest BCUT2D eigenvalue weighted by Gasteiger charge is -2.42. The van der Waals surface area contributed by atoms with Crippen LogP contribution in [0.2, 0.25) is 0 Å². The second kappa shape index (κ2) is 6.83. The summed E-state index contributed by atoms with van der Waals surface area (Å²) in [4.78, 5) is 38.8. The number of nitrogens with one attached hydrogen (secondary N) is 1. The molecule has 29 heavy (non-hydrogen) atoms. The monoisotopic (exact) mass is 391 g/mol. The van der Waals surface area contributed by atoms with Crippen LogP contribution in [-0.4, -0.2) is 45.4 Å². The van der Waals surface area contributed by atoms with Gasteiger partial charge < -0.3 is 9.80 Å². The zero-order valence-electron chi connectivity index (χ0n) is 16.6. The number of hydrogen-bond acceptors (Lipinski definition) is 5. The largest absolute Gasteiger partial charge is 0.341 e. The van der Waals surface area contributed by atoms with Crippen molar-refractivity contribution in [2.24, 2.45) is 0 Å². The van der Waals surface area contributed by atoms with Gasteiger partial charge in [-0.3, -0.25) is 10.1 Å². The fourth-order valence-electron chi connectivity index (χ4n) is 4.91. The molecule has 150 valence electrons. The minimum absolute atomic E-state index is 0.177. The highest BCUT2D eigenvalue weighted by atomic mass is 16.2. The summed E-state index contributed by atoms with van der Waals surface area (Å²) in [7, 11) is 0. The quantitative estimate of drug-likeness (QED) is 0.813. The summed E-state index contributed by atoms with van der Waals surface area (Å²) >= 11 is 0. The molecule has 1 aromatic carbocycles. The minimum atomic E-state index is -0.783. The number of aryl methyl sites for hydroxylation is 2. The topological polar surface area (TPSA) is 78.4 Å². The summed E-state index contributed by atoms with van der Waals surface area (Å²) in [5, 5.41) is 2.54. The first kappa shape index (κ1) is 18.1. The number of carbonyl (C=O) groups excluding carboxylic acids is 2. The number of piperidine rings is 1. The zero-order chi connectivity index (χ0) is 20.0. The van der Waals surface area contributed by atoms with Gasteiger partial charge in [0, 0.05) is 31.0 Å². The van der Waals surface area contributed by atoms with Crippen molar-refractivity contribution in [2.45, 2.75) is 51.1 Å². The van der Waals surface area contributed by atoms with E-state index in [0.29, 0.717) is 32.5 Å². The lowest BCUT2D eigenvalue weighted by Crippen LogP contribution is -2.56. The van der Waals surface area contributed by atoms with Crippen LogP contribution in [-0.2, 0) is 24.2 Å². The third-order valence-electron chi connectivity index (χ3n) is 6.59. The van der Waals surface area contributed by atoms with Gasteiger partial charge in [-0.1, -0.05) is 30.3 Å². The molecule has 0 atom stereocenters. The molecule has 0 bridgehead atoms. The SMILES string of the molecule is Cc1nc(N2CCC3(CC2)C(=O)NC(=O)N3Cc2ccccc2)nc2c1CCC2. The molecule has 1 aromatic heterocycles. The van der Waals surface area contributed by atoms with Crippen molar-refractivity contribution < 1.29 is 9.59 Å². The zero-order valence-corrected chi connectivity index (χ0v) is 16.6. The number of imide groups is 1. The predicted molar refractivity (Wildman–Crippen MR) is 108 cm³/mol. The van der Waals surface area contributed by atoms with Crippen molar-refractivity contribution in [1.82, 2.24) is 20.2 Å².